The van der Waals surface area contributed by atoms with Gasteiger partial charge in [-0.3, -0.25) is 4.79 Å². The maximum absolute atomic E-state index is 14.9. The Labute approximate surface area is 539 Å². The highest BCUT2D eigenvalue weighted by molar-refractivity contribution is 5.93. The van der Waals surface area contributed by atoms with Crippen molar-refractivity contribution in [1.82, 2.24) is 0 Å². The molecule has 2 heterocycles. The molecule has 9 aliphatic carbocycles. The molecule has 7 nitrogen and oxygen atoms in total. The molecule has 0 aromatic heterocycles. The number of ether oxygens (including phenoxy) is 2. The minimum atomic E-state index is -1.75. The fourth-order valence-corrected chi connectivity index (χ4v) is 25.3. The molecule has 11 aliphatic rings. The number of carbonyl (C=O) groups excluding carboxylic acids is 2. The van der Waals surface area contributed by atoms with E-state index in [1.54, 1.807) is 33.7 Å². The second kappa shape index (κ2) is 23.0. The van der Waals surface area contributed by atoms with Gasteiger partial charge in [0.1, 0.15) is 12.7 Å². The van der Waals surface area contributed by atoms with Crippen molar-refractivity contribution < 1.29 is 34.4 Å². The summed E-state index contributed by atoms with van der Waals surface area (Å²) < 4.78 is 12.5. The van der Waals surface area contributed by atoms with E-state index in [0.29, 0.717) is 67.6 Å². The Hall–Kier alpha value is -4.74. The first-order chi connectivity index (χ1) is 43.4. The molecule has 7 fully saturated rings. The SMILES string of the molecule is CC(C)CCC1CCC2(CCC3(C2)CC24CCC(C5(C)CCC(O)C6(C(O)CCC(C)CCCc7ccccc7)C5C5CC(C)(C#CCCC(=O)O5)C6(O)CCC5=CC(=O)OC5)CC2c2cccc5ccc6c(c25)C4C3CC2(c3ccccc3)CCCCC62)C1. The van der Waals surface area contributed by atoms with Crippen molar-refractivity contribution in [2.45, 2.75) is 268 Å². The quantitative estimate of drug-likeness (QED) is 0.0756. The number of hydrogen-bond acceptors (Lipinski definition) is 7. The number of carbonyl (C=O) groups is 2. The highest BCUT2D eigenvalue weighted by atomic mass is 16.5. The number of benzene rings is 4. The summed E-state index contributed by atoms with van der Waals surface area (Å²) in [6.07, 6.45) is 27.1. The fraction of sp³-hybridized carbons (Fsp3) is 0.663. The van der Waals surface area contributed by atoms with Gasteiger partial charge in [-0.15, -0.1) is 5.92 Å². The number of rotatable bonds is 16. The van der Waals surface area contributed by atoms with Crippen LogP contribution in [-0.2, 0) is 30.9 Å². The van der Waals surface area contributed by atoms with Crippen molar-refractivity contribution >= 4 is 22.7 Å². The highest BCUT2D eigenvalue weighted by Gasteiger charge is 2.79. The average molecular weight is 1220 g/mol. The summed E-state index contributed by atoms with van der Waals surface area (Å²) in [4.78, 5) is 27.3. The Bertz CT molecular complexity index is 3470. The van der Waals surface area contributed by atoms with Crippen LogP contribution in [0.3, 0.4) is 0 Å². The Morgan fingerprint density at radius 2 is 1.57 bits per heavy atom. The minimum Gasteiger partial charge on any atom is -0.462 e. The number of aliphatic hydroxyl groups excluding tert-OH is 2. The van der Waals surface area contributed by atoms with Gasteiger partial charge in [0.2, 0.25) is 0 Å². The van der Waals surface area contributed by atoms with Crippen LogP contribution in [0.2, 0.25) is 0 Å². The van der Waals surface area contributed by atoms with E-state index in [2.05, 4.69) is 131 Å². The van der Waals surface area contributed by atoms with Gasteiger partial charge in [0.15, 0.2) is 0 Å². The zero-order chi connectivity index (χ0) is 62.1. The van der Waals surface area contributed by atoms with Gasteiger partial charge in [-0.1, -0.05) is 157 Å². The molecule has 2 bridgehead atoms. The van der Waals surface area contributed by atoms with Crippen LogP contribution in [0, 0.1) is 79.8 Å². The Balaban J connectivity index is 0.863. The van der Waals surface area contributed by atoms with Crippen molar-refractivity contribution in [3.63, 3.8) is 0 Å². The lowest BCUT2D eigenvalue weighted by Crippen LogP contribution is -2.79. The molecular weight excluding hydrogens is 1110 g/mol. The second-order valence-electron chi connectivity index (χ2n) is 33.9. The second-order valence-corrected chi connectivity index (χ2v) is 33.9. The van der Waals surface area contributed by atoms with Crippen molar-refractivity contribution in [3.8, 4) is 11.8 Å². The summed E-state index contributed by atoms with van der Waals surface area (Å²) in [5, 5.41) is 45.5. The van der Waals surface area contributed by atoms with Gasteiger partial charge >= 0.3 is 11.9 Å². The van der Waals surface area contributed by atoms with Crippen LogP contribution in [0.15, 0.2) is 103 Å². The van der Waals surface area contributed by atoms with Gasteiger partial charge in [-0.05, 0) is 255 Å². The van der Waals surface area contributed by atoms with Gasteiger partial charge in [0.25, 0.3) is 0 Å². The van der Waals surface area contributed by atoms with Crippen LogP contribution in [0.1, 0.15) is 260 Å². The standard InChI is InChI=1S/C83H106O7/c1-54(2)28-30-57-34-41-78(48-57)44-45-79(52-78)53-81-42-36-61(47-65(81)62-25-17-22-59-31-32-63-64-26-12-15-39-80(64,60-23-10-7-11-24-60)49-66(79)74(81)73(63)72(59)62)77(5)40-37-69(85)83(68(84)33-29-55(3)18-16-21-56-19-8-6-9-20-56)75(77)67-50-76(4,38-14-13-27-70(86)90-67)82(83,88)43-35-58-46-71(87)89-51-58/h6-11,17,19-20,22-25,31-32,46,54-55,57,61,64-69,74-75,84-85,88H,12-13,15-16,18,21,26-30,33-37,39-45,47-53H2,1-5H3. The van der Waals surface area contributed by atoms with Gasteiger partial charge in [-0.25, -0.2) is 4.79 Å². The van der Waals surface area contributed by atoms with Crippen LogP contribution in [-0.4, -0.2) is 57.8 Å². The zero-order valence-electron chi connectivity index (χ0n) is 55.4. The maximum atomic E-state index is 14.9. The molecule has 0 saturated heterocycles. The Morgan fingerprint density at radius 3 is 2.37 bits per heavy atom. The fourth-order valence-electron chi connectivity index (χ4n) is 25.3. The molecule has 3 N–H and O–H groups in total. The topological polar surface area (TPSA) is 113 Å². The number of esters is 2. The van der Waals surface area contributed by atoms with Crippen LogP contribution in [0.4, 0.5) is 0 Å². The first kappa shape index (κ1) is 61.4. The number of cyclic esters (lactones) is 1. The lowest BCUT2D eigenvalue weighted by atomic mass is 9.34. The summed E-state index contributed by atoms with van der Waals surface area (Å²) in [5.74, 6) is 9.62. The Morgan fingerprint density at radius 1 is 0.744 bits per heavy atom. The van der Waals surface area contributed by atoms with E-state index in [9.17, 15) is 24.9 Å². The first-order valence-electron chi connectivity index (χ1n) is 36.7. The smallest absolute Gasteiger partial charge is 0.331 e. The third-order valence-corrected chi connectivity index (χ3v) is 29.1. The van der Waals surface area contributed by atoms with E-state index < -0.39 is 46.1 Å². The summed E-state index contributed by atoms with van der Waals surface area (Å²) in [6, 6.07) is 35.3. The normalized spacial score (nSPS) is 41.1. The van der Waals surface area contributed by atoms with Crippen LogP contribution < -0.4 is 0 Å². The third-order valence-electron chi connectivity index (χ3n) is 29.1. The lowest BCUT2D eigenvalue weighted by molar-refractivity contribution is -0.339. The van der Waals surface area contributed by atoms with Gasteiger partial charge in [0, 0.05) is 30.3 Å². The summed E-state index contributed by atoms with van der Waals surface area (Å²) >= 11 is 0. The zero-order valence-corrected chi connectivity index (χ0v) is 55.4. The largest absolute Gasteiger partial charge is 0.462 e. The van der Waals surface area contributed by atoms with E-state index in [-0.39, 0.29) is 59.5 Å². The van der Waals surface area contributed by atoms with Gasteiger partial charge in [-0.2, -0.15) is 0 Å². The summed E-state index contributed by atoms with van der Waals surface area (Å²) in [5.41, 5.74) is 4.53. The molecule has 4 aromatic rings. The van der Waals surface area contributed by atoms with E-state index in [1.165, 1.54) is 101 Å². The predicted octanol–water partition coefficient (Wildman–Crippen LogP) is 17.9. The molecule has 3 spiro atoms. The number of hydrogen-bond donors (Lipinski definition) is 3. The van der Waals surface area contributed by atoms with Crippen LogP contribution >= 0.6 is 0 Å². The van der Waals surface area contributed by atoms with Crippen LogP contribution in [0.5, 0.6) is 0 Å². The van der Waals surface area contributed by atoms with E-state index in [4.69, 9.17) is 9.47 Å². The molecule has 0 radical (unpaired) electrons. The van der Waals surface area contributed by atoms with E-state index >= 15 is 0 Å². The molecular formula is C83H106O7. The molecule has 2 aliphatic heterocycles. The molecule has 4 aromatic carbocycles. The molecule has 7 saturated carbocycles. The number of aryl methyl sites for hydroxylation is 1. The summed E-state index contributed by atoms with van der Waals surface area (Å²) in [7, 11) is 0. The van der Waals surface area contributed by atoms with Crippen molar-refractivity contribution in [3.05, 3.63) is 130 Å². The third kappa shape index (κ3) is 9.52. The first-order valence-corrected chi connectivity index (χ1v) is 36.7. The highest BCUT2D eigenvalue weighted by Crippen LogP contribution is 2.83. The number of fused-ring (bicyclic) bond motifs is 8. The molecule has 15 rings (SSSR count). The monoisotopic (exact) mass is 1210 g/mol. The average Bonchev–Trinajstić information content (AvgIpc) is 1.22. The molecule has 19 unspecified atom stereocenters. The maximum Gasteiger partial charge on any atom is 0.331 e. The molecule has 480 valence electrons. The van der Waals surface area contributed by atoms with Crippen LogP contribution in [0.25, 0.3) is 10.8 Å². The van der Waals surface area contributed by atoms with Crippen molar-refractivity contribution in [2.24, 2.45) is 68.0 Å². The van der Waals surface area contributed by atoms with Gasteiger partial charge in [0.05, 0.1) is 35.1 Å². The van der Waals surface area contributed by atoms with Crippen molar-refractivity contribution in [2.75, 3.05) is 6.61 Å². The Kier molecular flexibility index (Phi) is 15.7. The van der Waals surface area contributed by atoms with E-state index in [0.717, 1.165) is 62.4 Å². The number of aliphatic hydroxyl groups is 3. The lowest BCUT2D eigenvalue weighted by Gasteiger charge is -2.72. The van der Waals surface area contributed by atoms with Crippen molar-refractivity contribution in [1.29, 1.82) is 0 Å². The minimum absolute atomic E-state index is 0.0590. The molecule has 90 heavy (non-hydrogen) atoms. The predicted molar refractivity (Wildman–Crippen MR) is 357 cm³/mol. The van der Waals surface area contributed by atoms with Gasteiger partial charge < -0.3 is 24.8 Å². The van der Waals surface area contributed by atoms with E-state index in [1.807, 2.05) is 6.92 Å². The summed E-state index contributed by atoms with van der Waals surface area (Å²) in [6.45, 7) is 11.8. The molecule has 19 atom stereocenters. The molecule has 0 amide bonds. The molecule has 7 heteroatoms.